The lowest BCUT2D eigenvalue weighted by Crippen LogP contribution is -2.11. The molecule has 0 bridgehead atoms. The first-order chi connectivity index (χ1) is 11.8. The second-order valence-electron chi connectivity index (χ2n) is 5.14. The molecule has 1 amide bonds. The maximum Gasteiger partial charge on any atom is 0.322 e. The van der Waals surface area contributed by atoms with Gasteiger partial charge in [-0.25, -0.2) is 8.42 Å². The summed E-state index contributed by atoms with van der Waals surface area (Å²) < 4.78 is 30.0. The Morgan fingerprint density at radius 3 is 2.44 bits per heavy atom. The standard InChI is InChI=1S/C16H12BrN3O4S/c1-25(22,23)13-5-3-2-4-12(13)15-19-20-16(24-15)18-14(21)10-6-8-11(17)9-7-10/h2-9H,1H3,(H,18,20,21). The van der Waals surface area contributed by atoms with Gasteiger partial charge in [-0.05, 0) is 36.4 Å². The van der Waals surface area contributed by atoms with E-state index in [0.29, 0.717) is 5.56 Å². The number of nitrogens with zero attached hydrogens (tertiary/aromatic N) is 2. The fourth-order valence-corrected chi connectivity index (χ4v) is 3.26. The van der Waals surface area contributed by atoms with Crippen molar-refractivity contribution in [3.63, 3.8) is 0 Å². The quantitative estimate of drug-likeness (QED) is 0.693. The zero-order valence-corrected chi connectivity index (χ0v) is 15.3. The average Bonchev–Trinajstić information content (AvgIpc) is 3.03. The SMILES string of the molecule is CS(=O)(=O)c1ccccc1-c1nnc(NC(=O)c2ccc(Br)cc2)o1. The molecule has 0 fully saturated rings. The lowest BCUT2D eigenvalue weighted by Gasteiger charge is -2.03. The number of hydrogen-bond acceptors (Lipinski definition) is 6. The highest BCUT2D eigenvalue weighted by Gasteiger charge is 2.19. The summed E-state index contributed by atoms with van der Waals surface area (Å²) in [7, 11) is -3.46. The molecule has 3 aromatic rings. The summed E-state index contributed by atoms with van der Waals surface area (Å²) in [5.41, 5.74) is 0.695. The molecule has 3 rings (SSSR count). The zero-order valence-electron chi connectivity index (χ0n) is 12.9. The highest BCUT2D eigenvalue weighted by Crippen LogP contribution is 2.27. The van der Waals surface area contributed by atoms with Gasteiger partial charge in [0.15, 0.2) is 9.84 Å². The molecule has 0 unspecified atom stereocenters. The van der Waals surface area contributed by atoms with Gasteiger partial charge < -0.3 is 4.42 Å². The number of sulfone groups is 1. The third-order valence-electron chi connectivity index (χ3n) is 3.27. The largest absolute Gasteiger partial charge is 0.403 e. The molecule has 0 aliphatic carbocycles. The van der Waals surface area contributed by atoms with Gasteiger partial charge in [0, 0.05) is 16.3 Å². The number of carbonyl (C=O) groups is 1. The van der Waals surface area contributed by atoms with Crippen LogP contribution in [0.15, 0.2) is 62.3 Å². The maximum atomic E-state index is 12.1. The van der Waals surface area contributed by atoms with Crippen LogP contribution in [0.3, 0.4) is 0 Å². The van der Waals surface area contributed by atoms with Crippen molar-refractivity contribution in [2.45, 2.75) is 4.90 Å². The topological polar surface area (TPSA) is 102 Å². The Kier molecular flexibility index (Phi) is 4.69. The highest BCUT2D eigenvalue weighted by molar-refractivity contribution is 9.10. The van der Waals surface area contributed by atoms with Crippen LogP contribution >= 0.6 is 15.9 Å². The fourth-order valence-electron chi connectivity index (χ4n) is 2.12. The van der Waals surface area contributed by atoms with Crippen molar-refractivity contribution in [1.29, 1.82) is 0 Å². The first kappa shape index (κ1) is 17.3. The zero-order chi connectivity index (χ0) is 18.0. The van der Waals surface area contributed by atoms with E-state index >= 15 is 0 Å². The lowest BCUT2D eigenvalue weighted by atomic mass is 10.2. The molecule has 0 atom stereocenters. The highest BCUT2D eigenvalue weighted by atomic mass is 79.9. The van der Waals surface area contributed by atoms with Crippen LogP contribution in [0.5, 0.6) is 0 Å². The van der Waals surface area contributed by atoms with Crippen LogP contribution in [-0.2, 0) is 9.84 Å². The maximum absolute atomic E-state index is 12.1. The lowest BCUT2D eigenvalue weighted by molar-refractivity contribution is 0.102. The van der Waals surface area contributed by atoms with Crippen molar-refractivity contribution < 1.29 is 17.6 Å². The van der Waals surface area contributed by atoms with Gasteiger partial charge in [0.2, 0.25) is 0 Å². The van der Waals surface area contributed by atoms with E-state index in [1.165, 1.54) is 6.07 Å². The summed E-state index contributed by atoms with van der Waals surface area (Å²) in [6.07, 6.45) is 1.10. The molecule has 25 heavy (non-hydrogen) atoms. The number of halogens is 1. The molecule has 0 radical (unpaired) electrons. The van der Waals surface area contributed by atoms with Gasteiger partial charge in [-0.1, -0.05) is 33.2 Å². The number of hydrogen-bond donors (Lipinski definition) is 1. The van der Waals surface area contributed by atoms with E-state index in [1.807, 2.05) is 0 Å². The Hall–Kier alpha value is -2.52. The molecule has 0 aliphatic rings. The summed E-state index contributed by atoms with van der Waals surface area (Å²) in [5, 5.41) is 10.0. The van der Waals surface area contributed by atoms with Gasteiger partial charge >= 0.3 is 6.01 Å². The van der Waals surface area contributed by atoms with Crippen molar-refractivity contribution in [2.24, 2.45) is 0 Å². The summed E-state index contributed by atoms with van der Waals surface area (Å²) in [5.74, 6) is -0.411. The van der Waals surface area contributed by atoms with Crippen molar-refractivity contribution in [1.82, 2.24) is 10.2 Å². The van der Waals surface area contributed by atoms with Crippen LogP contribution in [0.1, 0.15) is 10.4 Å². The molecular weight excluding hydrogens is 410 g/mol. The van der Waals surface area contributed by atoms with Gasteiger partial charge in [-0.15, -0.1) is 5.10 Å². The molecule has 7 nitrogen and oxygen atoms in total. The number of rotatable bonds is 4. The fraction of sp³-hybridized carbons (Fsp3) is 0.0625. The summed E-state index contributed by atoms with van der Waals surface area (Å²) in [4.78, 5) is 12.2. The van der Waals surface area contributed by atoms with Crippen LogP contribution in [0, 0.1) is 0 Å². The Morgan fingerprint density at radius 1 is 1.08 bits per heavy atom. The number of amides is 1. The van der Waals surface area contributed by atoms with Crippen molar-refractivity contribution in [3.8, 4) is 11.5 Å². The van der Waals surface area contributed by atoms with Gasteiger partial charge in [-0.3, -0.25) is 10.1 Å². The van der Waals surface area contributed by atoms with E-state index < -0.39 is 15.7 Å². The molecule has 0 saturated heterocycles. The molecule has 0 saturated carbocycles. The van der Waals surface area contributed by atoms with E-state index in [0.717, 1.165) is 10.7 Å². The molecular formula is C16H12BrN3O4S. The van der Waals surface area contributed by atoms with Crippen LogP contribution in [0.2, 0.25) is 0 Å². The Morgan fingerprint density at radius 2 is 1.76 bits per heavy atom. The first-order valence-corrected chi connectivity index (χ1v) is 9.73. The number of nitrogens with one attached hydrogen (secondary N) is 1. The summed E-state index contributed by atoms with van der Waals surface area (Å²) in [6, 6.07) is 12.9. The van der Waals surface area contributed by atoms with Crippen LogP contribution < -0.4 is 5.32 Å². The number of benzene rings is 2. The molecule has 0 aliphatic heterocycles. The summed E-state index contributed by atoms with van der Waals surface area (Å²) >= 11 is 3.29. The van der Waals surface area contributed by atoms with Crippen LogP contribution in [0.4, 0.5) is 6.01 Å². The predicted octanol–water partition coefficient (Wildman–Crippen LogP) is 3.15. The van der Waals surface area contributed by atoms with Crippen LogP contribution in [-0.4, -0.2) is 30.8 Å². The predicted molar refractivity (Wildman–Crippen MR) is 94.9 cm³/mol. The average molecular weight is 422 g/mol. The minimum absolute atomic E-state index is 0.00660. The summed E-state index contributed by atoms with van der Waals surface area (Å²) in [6.45, 7) is 0. The molecule has 1 aromatic heterocycles. The molecule has 128 valence electrons. The second kappa shape index (κ2) is 6.77. The third kappa shape index (κ3) is 3.94. The first-order valence-electron chi connectivity index (χ1n) is 7.04. The van der Waals surface area contributed by atoms with Gasteiger partial charge in [0.05, 0.1) is 10.5 Å². The third-order valence-corrected chi connectivity index (χ3v) is 4.95. The van der Waals surface area contributed by atoms with Crippen molar-refractivity contribution >= 4 is 37.7 Å². The number of carbonyl (C=O) groups excluding carboxylic acids is 1. The molecule has 1 heterocycles. The smallest absolute Gasteiger partial charge is 0.322 e. The minimum atomic E-state index is -3.46. The van der Waals surface area contributed by atoms with Gasteiger partial charge in [0.1, 0.15) is 0 Å². The monoisotopic (exact) mass is 421 g/mol. The Labute approximate surface area is 152 Å². The van der Waals surface area contributed by atoms with E-state index in [2.05, 4.69) is 31.4 Å². The molecule has 9 heteroatoms. The van der Waals surface area contributed by atoms with Crippen LogP contribution in [0.25, 0.3) is 11.5 Å². The Balaban J connectivity index is 1.87. The van der Waals surface area contributed by atoms with E-state index in [1.54, 1.807) is 42.5 Å². The van der Waals surface area contributed by atoms with E-state index in [9.17, 15) is 13.2 Å². The Bertz CT molecular complexity index is 1030. The molecule has 0 spiro atoms. The van der Waals surface area contributed by atoms with E-state index in [-0.39, 0.29) is 22.4 Å². The minimum Gasteiger partial charge on any atom is -0.403 e. The molecule has 2 aromatic carbocycles. The van der Waals surface area contributed by atoms with Gasteiger partial charge in [-0.2, -0.15) is 0 Å². The van der Waals surface area contributed by atoms with Crippen molar-refractivity contribution in [2.75, 3.05) is 11.6 Å². The van der Waals surface area contributed by atoms with E-state index in [4.69, 9.17) is 4.42 Å². The van der Waals surface area contributed by atoms with Gasteiger partial charge in [0.25, 0.3) is 11.8 Å². The normalized spacial score (nSPS) is 11.3. The molecule has 1 N–H and O–H groups in total. The second-order valence-corrected chi connectivity index (χ2v) is 8.04. The van der Waals surface area contributed by atoms with Crippen molar-refractivity contribution in [3.05, 3.63) is 58.6 Å². The number of anilines is 1. The number of aromatic nitrogens is 2.